The number of rotatable bonds is 7. The highest BCUT2D eigenvalue weighted by molar-refractivity contribution is 6.09. The van der Waals surface area contributed by atoms with Gasteiger partial charge in [0.2, 0.25) is 0 Å². The van der Waals surface area contributed by atoms with E-state index < -0.39 is 6.36 Å². The van der Waals surface area contributed by atoms with Crippen molar-refractivity contribution in [2.45, 2.75) is 32.2 Å². The van der Waals surface area contributed by atoms with Gasteiger partial charge in [-0.2, -0.15) is 0 Å². The van der Waals surface area contributed by atoms with E-state index in [-0.39, 0.29) is 23.7 Å². The van der Waals surface area contributed by atoms with Crippen LogP contribution in [0.5, 0.6) is 11.5 Å². The lowest BCUT2D eigenvalue weighted by atomic mass is 9.94. The van der Waals surface area contributed by atoms with Crippen molar-refractivity contribution in [2.24, 2.45) is 0 Å². The van der Waals surface area contributed by atoms with Gasteiger partial charge in [0.05, 0.1) is 6.26 Å². The van der Waals surface area contributed by atoms with Crippen molar-refractivity contribution < 1.29 is 36.7 Å². The third-order valence-electron chi connectivity index (χ3n) is 6.75. The zero-order valence-electron chi connectivity index (χ0n) is 22.1. The van der Waals surface area contributed by atoms with Gasteiger partial charge in [-0.05, 0) is 66.1 Å². The van der Waals surface area contributed by atoms with Crippen molar-refractivity contribution >= 4 is 17.5 Å². The highest BCUT2D eigenvalue weighted by atomic mass is 19.4. The molecule has 1 N–H and O–H groups in total. The molecule has 0 aliphatic carbocycles. The number of nitrogens with zero attached hydrogens (tertiary/aromatic N) is 1. The molecule has 41 heavy (non-hydrogen) atoms. The predicted octanol–water partition coefficient (Wildman–Crippen LogP) is 7.09. The molecule has 0 unspecified atom stereocenters. The van der Waals surface area contributed by atoms with Crippen molar-refractivity contribution in [1.82, 2.24) is 4.90 Å². The molecule has 4 aromatic rings. The first-order chi connectivity index (χ1) is 19.7. The zero-order valence-corrected chi connectivity index (χ0v) is 22.1. The Morgan fingerprint density at radius 3 is 2.34 bits per heavy atom. The number of likely N-dealkylation sites (tertiary alicyclic amines) is 1. The Balaban J connectivity index is 1.24. The monoisotopic (exact) mass is 564 g/mol. The third kappa shape index (κ3) is 6.89. The van der Waals surface area contributed by atoms with Gasteiger partial charge < -0.3 is 24.1 Å². The van der Waals surface area contributed by atoms with Crippen LogP contribution in [0.4, 0.5) is 18.9 Å². The highest BCUT2D eigenvalue weighted by Crippen LogP contribution is 2.32. The molecule has 1 aromatic heterocycles. The van der Waals surface area contributed by atoms with Crippen molar-refractivity contribution in [3.05, 3.63) is 102 Å². The highest BCUT2D eigenvalue weighted by Gasteiger charge is 2.31. The fraction of sp³-hybridized carbons (Fsp3) is 0.226. The molecule has 0 atom stereocenters. The molecule has 10 heteroatoms. The van der Waals surface area contributed by atoms with Gasteiger partial charge >= 0.3 is 6.36 Å². The van der Waals surface area contributed by atoms with Crippen LogP contribution in [0, 0.1) is 6.92 Å². The Kier molecular flexibility index (Phi) is 8.00. The summed E-state index contributed by atoms with van der Waals surface area (Å²) in [6, 6.07) is 21.0. The second-order valence-electron chi connectivity index (χ2n) is 9.64. The average molecular weight is 565 g/mol. The Labute approximate surface area is 234 Å². The Hall–Kier alpha value is -4.73. The minimum Gasteiger partial charge on any atom is -0.490 e. The first-order valence-corrected chi connectivity index (χ1v) is 13.0. The molecule has 2 heterocycles. The van der Waals surface area contributed by atoms with Gasteiger partial charge in [0.1, 0.15) is 17.6 Å². The van der Waals surface area contributed by atoms with Crippen LogP contribution >= 0.6 is 0 Å². The molecular formula is C31H27F3N2O5. The standard InChI is InChI=1S/C31H27F3N2O5/c1-20-5-2-8-26(28(20)21-10-12-24(13-11-21)41-31(32,33)34)29(37)35-22-6-3-7-25(19-22)40-23-14-16-36(17-15-23)30(38)27-9-4-18-39-27/h2-13,18-19,23H,14-17H2,1H3,(H,35,37). The van der Waals surface area contributed by atoms with E-state index in [1.807, 2.05) is 13.0 Å². The SMILES string of the molecule is Cc1cccc(C(=O)Nc2cccc(OC3CCN(C(=O)c4ccco4)CC3)c2)c1-c1ccc(OC(F)(F)F)cc1. The number of nitrogens with one attached hydrogen (secondary N) is 1. The smallest absolute Gasteiger partial charge is 0.490 e. The van der Waals surface area contributed by atoms with Crippen molar-refractivity contribution in [3.8, 4) is 22.6 Å². The van der Waals surface area contributed by atoms with E-state index >= 15 is 0 Å². The van der Waals surface area contributed by atoms with Gasteiger partial charge in [0.15, 0.2) is 5.76 Å². The van der Waals surface area contributed by atoms with Crippen LogP contribution in [0.2, 0.25) is 0 Å². The summed E-state index contributed by atoms with van der Waals surface area (Å²) in [5, 5.41) is 2.90. The second-order valence-corrected chi connectivity index (χ2v) is 9.64. The number of anilines is 1. The van der Waals surface area contributed by atoms with E-state index in [4.69, 9.17) is 9.15 Å². The summed E-state index contributed by atoms with van der Waals surface area (Å²) in [6.45, 7) is 2.91. The summed E-state index contributed by atoms with van der Waals surface area (Å²) < 4.78 is 53.0. The normalized spacial score (nSPS) is 14.0. The number of carbonyl (C=O) groups excluding carboxylic acids is 2. The predicted molar refractivity (Wildman–Crippen MR) is 146 cm³/mol. The number of alkyl halides is 3. The zero-order chi connectivity index (χ0) is 29.0. The lowest BCUT2D eigenvalue weighted by Gasteiger charge is -2.31. The number of furan rings is 1. The number of hydrogen-bond acceptors (Lipinski definition) is 5. The van der Waals surface area contributed by atoms with E-state index in [2.05, 4.69) is 10.1 Å². The van der Waals surface area contributed by atoms with Crippen LogP contribution in [-0.4, -0.2) is 42.3 Å². The topological polar surface area (TPSA) is 81.0 Å². The number of piperidine rings is 1. The molecule has 1 saturated heterocycles. The lowest BCUT2D eigenvalue weighted by Crippen LogP contribution is -2.41. The maximum atomic E-state index is 13.3. The van der Waals surface area contributed by atoms with Crippen molar-refractivity contribution in [1.29, 1.82) is 0 Å². The summed E-state index contributed by atoms with van der Waals surface area (Å²) in [5.74, 6) is 0.0494. The fourth-order valence-electron chi connectivity index (χ4n) is 4.83. The molecule has 1 aliphatic heterocycles. The molecule has 1 aliphatic rings. The molecule has 5 rings (SSSR count). The van der Waals surface area contributed by atoms with Crippen LogP contribution in [0.1, 0.15) is 39.3 Å². The molecule has 212 valence electrons. The summed E-state index contributed by atoms with van der Waals surface area (Å²) in [5.41, 5.74) is 2.87. The van der Waals surface area contributed by atoms with Gasteiger partial charge in [-0.15, -0.1) is 13.2 Å². The van der Waals surface area contributed by atoms with Crippen molar-refractivity contribution in [2.75, 3.05) is 18.4 Å². The summed E-state index contributed by atoms with van der Waals surface area (Å²) in [4.78, 5) is 27.6. The van der Waals surface area contributed by atoms with E-state index in [1.54, 1.807) is 53.4 Å². The molecule has 7 nitrogen and oxygen atoms in total. The van der Waals surface area contributed by atoms with Crippen molar-refractivity contribution in [3.63, 3.8) is 0 Å². The van der Waals surface area contributed by atoms with E-state index in [9.17, 15) is 22.8 Å². The Bertz CT molecular complexity index is 1510. The minimum atomic E-state index is -4.79. The molecule has 0 bridgehead atoms. The Morgan fingerprint density at radius 2 is 1.66 bits per heavy atom. The number of carbonyl (C=O) groups is 2. The van der Waals surface area contributed by atoms with Gasteiger partial charge in [-0.25, -0.2) is 0 Å². The maximum absolute atomic E-state index is 13.3. The molecule has 0 saturated carbocycles. The molecular weight excluding hydrogens is 537 g/mol. The van der Waals surface area contributed by atoms with Crippen LogP contribution in [0.25, 0.3) is 11.1 Å². The van der Waals surface area contributed by atoms with Gasteiger partial charge in [-0.1, -0.05) is 30.3 Å². The lowest BCUT2D eigenvalue weighted by molar-refractivity contribution is -0.274. The molecule has 1 fully saturated rings. The van der Waals surface area contributed by atoms with E-state index in [0.717, 1.165) is 5.56 Å². The largest absolute Gasteiger partial charge is 0.573 e. The molecule has 3 aromatic carbocycles. The third-order valence-corrected chi connectivity index (χ3v) is 6.75. The maximum Gasteiger partial charge on any atom is 0.573 e. The quantitative estimate of drug-likeness (QED) is 0.259. The molecule has 0 radical (unpaired) electrons. The average Bonchev–Trinajstić information content (AvgIpc) is 3.48. The molecule has 0 spiro atoms. The number of aryl methyl sites for hydroxylation is 1. The van der Waals surface area contributed by atoms with Gasteiger partial charge in [-0.3, -0.25) is 9.59 Å². The van der Waals surface area contributed by atoms with Gasteiger partial charge in [0.25, 0.3) is 11.8 Å². The number of hydrogen-bond donors (Lipinski definition) is 1. The van der Waals surface area contributed by atoms with Crippen LogP contribution < -0.4 is 14.8 Å². The van der Waals surface area contributed by atoms with Crippen LogP contribution in [0.3, 0.4) is 0 Å². The number of ether oxygens (including phenoxy) is 2. The summed E-state index contributed by atoms with van der Waals surface area (Å²) >= 11 is 0. The van der Waals surface area contributed by atoms with Crippen LogP contribution in [-0.2, 0) is 0 Å². The van der Waals surface area contributed by atoms with E-state index in [1.165, 1.54) is 30.5 Å². The first-order valence-electron chi connectivity index (χ1n) is 13.0. The fourth-order valence-corrected chi connectivity index (χ4v) is 4.83. The molecule has 2 amide bonds. The van der Waals surface area contributed by atoms with Gasteiger partial charge in [0, 0.05) is 43.2 Å². The number of benzene rings is 3. The second kappa shape index (κ2) is 11.8. The minimum absolute atomic E-state index is 0.0886. The first kappa shape index (κ1) is 27.8. The van der Waals surface area contributed by atoms with E-state index in [0.29, 0.717) is 59.8 Å². The summed E-state index contributed by atoms with van der Waals surface area (Å²) in [6.07, 6.45) is -2.09. The Morgan fingerprint density at radius 1 is 0.927 bits per heavy atom. The summed E-state index contributed by atoms with van der Waals surface area (Å²) in [7, 11) is 0. The number of amides is 2. The number of halogens is 3. The van der Waals surface area contributed by atoms with Crippen LogP contribution in [0.15, 0.2) is 89.5 Å².